The first-order valence-corrected chi connectivity index (χ1v) is 10.7. The summed E-state index contributed by atoms with van der Waals surface area (Å²) >= 11 is 0. The lowest BCUT2D eigenvalue weighted by atomic mass is 9.91. The van der Waals surface area contributed by atoms with Crippen LogP contribution in [0.3, 0.4) is 0 Å². The molecule has 0 bridgehead atoms. The molecular formula is C21H31N3O11. The van der Waals surface area contributed by atoms with Gasteiger partial charge < -0.3 is 36.1 Å². The number of nitrogens with one attached hydrogen (secondary N) is 3. The van der Waals surface area contributed by atoms with E-state index in [-0.39, 0.29) is 12.7 Å². The molecule has 0 unspecified atom stereocenters. The van der Waals surface area contributed by atoms with E-state index in [4.69, 9.17) is 15.3 Å². The van der Waals surface area contributed by atoms with Gasteiger partial charge in [-0.2, -0.15) is 0 Å². The lowest BCUT2D eigenvalue weighted by Gasteiger charge is -2.26. The molecular weight excluding hydrogens is 470 g/mol. The van der Waals surface area contributed by atoms with Crippen molar-refractivity contribution in [2.45, 2.75) is 71.0 Å². The van der Waals surface area contributed by atoms with Crippen molar-refractivity contribution in [3.05, 3.63) is 0 Å². The second-order valence-corrected chi connectivity index (χ2v) is 8.23. The molecule has 0 spiro atoms. The van der Waals surface area contributed by atoms with E-state index in [2.05, 4.69) is 16.0 Å². The number of aliphatic carboxylic acids is 3. The molecule has 35 heavy (non-hydrogen) atoms. The number of Topliss-reactive ketones (excluding diaryl/α,β-unsaturated/α-hetero) is 1. The van der Waals surface area contributed by atoms with E-state index in [1.54, 1.807) is 13.8 Å². The van der Waals surface area contributed by atoms with Crippen LogP contribution in [-0.4, -0.2) is 81.1 Å². The molecule has 0 aliphatic heterocycles. The summed E-state index contributed by atoms with van der Waals surface area (Å²) in [5, 5.41) is 33.5. The molecule has 0 saturated heterocycles. The Kier molecular flexibility index (Phi) is 13.5. The van der Waals surface area contributed by atoms with Crippen LogP contribution in [0, 0.1) is 11.8 Å². The first-order valence-electron chi connectivity index (χ1n) is 10.7. The molecule has 0 aliphatic rings. The van der Waals surface area contributed by atoms with Crippen LogP contribution in [0.15, 0.2) is 0 Å². The predicted molar refractivity (Wildman–Crippen MR) is 117 cm³/mol. The van der Waals surface area contributed by atoms with Crippen molar-refractivity contribution < 1.29 is 53.7 Å². The van der Waals surface area contributed by atoms with Gasteiger partial charge in [0.15, 0.2) is 5.78 Å². The molecule has 0 aromatic carbocycles. The first-order chi connectivity index (χ1) is 16.2. The van der Waals surface area contributed by atoms with Crippen LogP contribution in [0.1, 0.15) is 52.9 Å². The maximum absolute atomic E-state index is 12.9. The van der Waals surface area contributed by atoms with Crippen molar-refractivity contribution in [2.75, 3.05) is 0 Å². The third kappa shape index (κ3) is 12.8. The fourth-order valence-electron chi connectivity index (χ4n) is 3.07. The van der Waals surface area contributed by atoms with Crippen molar-refractivity contribution >= 4 is 47.7 Å². The van der Waals surface area contributed by atoms with Gasteiger partial charge in [-0.05, 0) is 12.3 Å². The van der Waals surface area contributed by atoms with Crippen LogP contribution in [0.25, 0.3) is 0 Å². The highest BCUT2D eigenvalue weighted by atomic mass is 16.4. The number of carboxylic acids is 3. The Morgan fingerprint density at radius 2 is 1.34 bits per heavy atom. The summed E-state index contributed by atoms with van der Waals surface area (Å²) in [5.41, 5.74) is 0. The van der Waals surface area contributed by atoms with Gasteiger partial charge in [0.2, 0.25) is 17.7 Å². The van der Waals surface area contributed by atoms with Gasteiger partial charge in [-0.3, -0.25) is 33.6 Å². The Morgan fingerprint density at radius 3 is 1.77 bits per heavy atom. The summed E-state index contributed by atoms with van der Waals surface area (Å²) in [6, 6.07) is -4.05. The summed E-state index contributed by atoms with van der Waals surface area (Å²) in [4.78, 5) is 93.4. The molecule has 0 rings (SSSR count). The Balaban J connectivity index is 5.66. The molecule has 0 fully saturated rings. The quantitative estimate of drug-likeness (QED) is 0.128. The van der Waals surface area contributed by atoms with Crippen molar-refractivity contribution in [3.8, 4) is 0 Å². The van der Waals surface area contributed by atoms with E-state index >= 15 is 0 Å². The summed E-state index contributed by atoms with van der Waals surface area (Å²) in [6.07, 6.45) is -2.66. The SMILES string of the molecule is CC(=O)N[C@@H](CC(=O)O)C(=O)C[C@@H](CCC(=O)O)C(=O)N[C@H](C(=O)N[C@H](C=O)CC(=O)O)C(C)C. The molecule has 0 aliphatic carbocycles. The van der Waals surface area contributed by atoms with Gasteiger partial charge in [0.05, 0.1) is 24.9 Å². The smallest absolute Gasteiger partial charge is 0.305 e. The molecule has 0 radical (unpaired) electrons. The Morgan fingerprint density at radius 1 is 0.771 bits per heavy atom. The standard InChI is InChI=1S/C21H31N3O11/c1-10(2)19(21(35)23-13(9-25)7-17(30)31)24-20(34)12(4-5-16(28)29)6-15(27)14(8-18(32)33)22-11(3)26/h9-10,12-14,19H,4-8H2,1-3H3,(H,22,26)(H,23,35)(H,24,34)(H,28,29)(H,30,31)(H,32,33)/t12-,13+,14+,19+/m1/s1. The van der Waals surface area contributed by atoms with Crippen LogP contribution in [0.4, 0.5) is 0 Å². The molecule has 14 nitrogen and oxygen atoms in total. The van der Waals surface area contributed by atoms with Crippen LogP contribution < -0.4 is 16.0 Å². The predicted octanol–water partition coefficient (Wildman–Crippen LogP) is -1.29. The monoisotopic (exact) mass is 501 g/mol. The van der Waals surface area contributed by atoms with Gasteiger partial charge in [-0.25, -0.2) is 0 Å². The molecule has 3 amide bonds. The third-order valence-corrected chi connectivity index (χ3v) is 4.80. The minimum absolute atomic E-state index is 0.226. The highest BCUT2D eigenvalue weighted by Crippen LogP contribution is 2.16. The zero-order valence-electron chi connectivity index (χ0n) is 19.6. The Hall–Kier alpha value is -3.84. The van der Waals surface area contributed by atoms with E-state index in [9.17, 15) is 38.4 Å². The number of ketones is 1. The van der Waals surface area contributed by atoms with Gasteiger partial charge in [0.1, 0.15) is 12.3 Å². The summed E-state index contributed by atoms with van der Waals surface area (Å²) < 4.78 is 0. The van der Waals surface area contributed by atoms with Gasteiger partial charge in [-0.15, -0.1) is 0 Å². The van der Waals surface area contributed by atoms with E-state index < -0.39 is 97.1 Å². The maximum Gasteiger partial charge on any atom is 0.305 e. The Labute approximate surface area is 200 Å². The number of aldehydes is 1. The van der Waals surface area contributed by atoms with Crippen LogP contribution in [0.2, 0.25) is 0 Å². The van der Waals surface area contributed by atoms with Gasteiger partial charge in [0, 0.05) is 25.7 Å². The average molecular weight is 501 g/mol. The number of carboxylic acid groups (broad SMARTS) is 3. The zero-order valence-corrected chi connectivity index (χ0v) is 19.6. The number of amides is 3. The van der Waals surface area contributed by atoms with E-state index in [0.29, 0.717) is 0 Å². The maximum atomic E-state index is 12.9. The Bertz CT molecular complexity index is 824. The van der Waals surface area contributed by atoms with Gasteiger partial charge >= 0.3 is 17.9 Å². The topological polar surface area (TPSA) is 233 Å². The number of hydrogen-bond donors (Lipinski definition) is 6. The normalized spacial score (nSPS) is 14.1. The summed E-state index contributed by atoms with van der Waals surface area (Å²) in [6.45, 7) is 4.17. The molecule has 0 heterocycles. The molecule has 196 valence electrons. The van der Waals surface area contributed by atoms with Crippen molar-refractivity contribution in [1.82, 2.24) is 16.0 Å². The molecule has 4 atom stereocenters. The molecule has 0 saturated carbocycles. The second-order valence-electron chi connectivity index (χ2n) is 8.23. The van der Waals surface area contributed by atoms with Crippen LogP contribution in [-0.2, 0) is 38.4 Å². The fourth-order valence-corrected chi connectivity index (χ4v) is 3.07. The van der Waals surface area contributed by atoms with E-state index in [1.807, 2.05) is 0 Å². The summed E-state index contributed by atoms with van der Waals surface area (Å²) in [7, 11) is 0. The molecule has 6 N–H and O–H groups in total. The lowest BCUT2D eigenvalue weighted by molar-refractivity contribution is -0.141. The molecule has 0 aromatic rings. The van der Waals surface area contributed by atoms with E-state index in [1.165, 1.54) is 0 Å². The van der Waals surface area contributed by atoms with Crippen LogP contribution in [0.5, 0.6) is 0 Å². The van der Waals surface area contributed by atoms with Gasteiger partial charge in [-0.1, -0.05) is 13.8 Å². The first kappa shape index (κ1) is 31.2. The average Bonchev–Trinajstić information content (AvgIpc) is 2.71. The number of rotatable bonds is 17. The minimum Gasteiger partial charge on any atom is -0.481 e. The van der Waals surface area contributed by atoms with E-state index in [0.717, 1.165) is 6.92 Å². The molecule has 0 aromatic heterocycles. The minimum atomic E-state index is -1.45. The zero-order chi connectivity index (χ0) is 27.3. The number of carbonyl (C=O) groups excluding carboxylic acids is 5. The van der Waals surface area contributed by atoms with Gasteiger partial charge in [0.25, 0.3) is 0 Å². The highest BCUT2D eigenvalue weighted by molar-refractivity contribution is 5.96. The highest BCUT2D eigenvalue weighted by Gasteiger charge is 2.33. The lowest BCUT2D eigenvalue weighted by Crippen LogP contribution is -2.54. The number of carbonyl (C=O) groups is 8. The van der Waals surface area contributed by atoms with Crippen LogP contribution >= 0.6 is 0 Å². The third-order valence-electron chi connectivity index (χ3n) is 4.80. The largest absolute Gasteiger partial charge is 0.481 e. The fraction of sp³-hybridized carbons (Fsp3) is 0.619. The van der Waals surface area contributed by atoms with Crippen molar-refractivity contribution in [2.24, 2.45) is 11.8 Å². The second kappa shape index (κ2) is 15.1. The van der Waals surface area contributed by atoms with Crippen molar-refractivity contribution in [1.29, 1.82) is 0 Å². The molecule has 14 heteroatoms. The summed E-state index contributed by atoms with van der Waals surface area (Å²) in [5.74, 6) is -9.06. The number of hydrogen-bond acceptors (Lipinski definition) is 8. The van der Waals surface area contributed by atoms with Crippen molar-refractivity contribution in [3.63, 3.8) is 0 Å².